The van der Waals surface area contributed by atoms with Crippen molar-refractivity contribution in [1.29, 1.82) is 0 Å². The van der Waals surface area contributed by atoms with Gasteiger partial charge in [-0.1, -0.05) is 13.3 Å². The summed E-state index contributed by atoms with van der Waals surface area (Å²) in [6.07, 6.45) is 3.75. The van der Waals surface area contributed by atoms with Crippen LogP contribution in [0.3, 0.4) is 0 Å². The fraction of sp³-hybridized carbons (Fsp3) is 0.923. The molecule has 0 atom stereocenters. The minimum Gasteiger partial charge on any atom is -0.379 e. The molecule has 17 heavy (non-hydrogen) atoms. The van der Waals surface area contributed by atoms with Crippen LogP contribution in [0.4, 0.5) is 0 Å². The first-order chi connectivity index (χ1) is 8.11. The van der Waals surface area contributed by atoms with Crippen molar-refractivity contribution in [3.05, 3.63) is 0 Å². The number of nitrogens with one attached hydrogen (secondary N) is 1. The Kier molecular flexibility index (Phi) is 9.92. The molecular formula is C13H29N3O. The second-order valence-electron chi connectivity index (χ2n) is 4.52. The number of unbranched alkanes of at least 4 members (excludes halogenated alkanes) is 1. The van der Waals surface area contributed by atoms with E-state index < -0.39 is 0 Å². The van der Waals surface area contributed by atoms with Gasteiger partial charge in [0.2, 0.25) is 0 Å². The molecule has 4 heteroatoms. The maximum Gasteiger partial charge on any atom is 0.193 e. The van der Waals surface area contributed by atoms with Crippen LogP contribution in [0.15, 0.2) is 4.99 Å². The van der Waals surface area contributed by atoms with Crippen molar-refractivity contribution in [3.63, 3.8) is 0 Å². The fourth-order valence-corrected chi connectivity index (χ4v) is 1.48. The summed E-state index contributed by atoms with van der Waals surface area (Å²) in [5.41, 5.74) is 0. The van der Waals surface area contributed by atoms with E-state index in [-0.39, 0.29) is 0 Å². The predicted octanol–water partition coefficient (Wildman–Crippen LogP) is 2.11. The highest BCUT2D eigenvalue weighted by Crippen LogP contribution is 1.93. The Hall–Kier alpha value is -0.770. The molecule has 102 valence electrons. The van der Waals surface area contributed by atoms with Crippen molar-refractivity contribution in [2.75, 3.05) is 33.8 Å². The quantitative estimate of drug-likeness (QED) is 0.403. The fourth-order valence-electron chi connectivity index (χ4n) is 1.48. The molecule has 0 saturated carbocycles. The molecule has 0 amide bonds. The average molecular weight is 243 g/mol. The van der Waals surface area contributed by atoms with Gasteiger partial charge in [0.15, 0.2) is 5.96 Å². The lowest BCUT2D eigenvalue weighted by Crippen LogP contribution is -2.40. The second kappa shape index (κ2) is 10.4. The van der Waals surface area contributed by atoms with Crippen molar-refractivity contribution in [3.8, 4) is 0 Å². The van der Waals surface area contributed by atoms with Crippen molar-refractivity contribution in [1.82, 2.24) is 10.2 Å². The zero-order valence-corrected chi connectivity index (χ0v) is 12.1. The molecule has 0 aromatic carbocycles. The van der Waals surface area contributed by atoms with Gasteiger partial charge in [-0.25, -0.2) is 0 Å². The lowest BCUT2D eigenvalue weighted by molar-refractivity contribution is 0.0776. The summed E-state index contributed by atoms with van der Waals surface area (Å²) in [5.74, 6) is 0.975. The first-order valence-corrected chi connectivity index (χ1v) is 6.65. The summed E-state index contributed by atoms with van der Waals surface area (Å²) in [6, 6.07) is 0. The smallest absolute Gasteiger partial charge is 0.193 e. The van der Waals surface area contributed by atoms with Crippen LogP contribution in [0, 0.1) is 0 Å². The van der Waals surface area contributed by atoms with Crippen LogP contribution in [0.5, 0.6) is 0 Å². The molecule has 0 saturated heterocycles. The highest BCUT2D eigenvalue weighted by molar-refractivity contribution is 5.79. The second-order valence-corrected chi connectivity index (χ2v) is 4.52. The topological polar surface area (TPSA) is 36.9 Å². The van der Waals surface area contributed by atoms with Crippen LogP contribution in [0.1, 0.15) is 40.0 Å². The van der Waals surface area contributed by atoms with Gasteiger partial charge in [-0.3, -0.25) is 4.99 Å². The number of guanidine groups is 1. The molecule has 0 aromatic heterocycles. The van der Waals surface area contributed by atoms with Gasteiger partial charge in [0.25, 0.3) is 0 Å². The summed E-state index contributed by atoms with van der Waals surface area (Å²) in [7, 11) is 3.91. The van der Waals surface area contributed by atoms with Gasteiger partial charge in [0, 0.05) is 33.8 Å². The van der Waals surface area contributed by atoms with E-state index >= 15 is 0 Å². The first-order valence-electron chi connectivity index (χ1n) is 6.65. The SMILES string of the molecule is CCCCN(C)C(=NC)NCCCOC(C)C. The largest absolute Gasteiger partial charge is 0.379 e. The summed E-state index contributed by atoms with van der Waals surface area (Å²) in [5, 5.41) is 3.35. The monoisotopic (exact) mass is 243 g/mol. The maximum absolute atomic E-state index is 5.49. The Balaban J connectivity index is 3.68. The third-order valence-electron chi connectivity index (χ3n) is 2.48. The minimum absolute atomic E-state index is 0.321. The van der Waals surface area contributed by atoms with E-state index in [1.165, 1.54) is 12.8 Å². The average Bonchev–Trinajstić information content (AvgIpc) is 2.30. The van der Waals surface area contributed by atoms with Gasteiger partial charge in [-0.05, 0) is 26.7 Å². The molecule has 0 fully saturated rings. The number of aliphatic imine (C=N–C) groups is 1. The molecule has 0 aliphatic rings. The predicted molar refractivity (Wildman–Crippen MR) is 74.6 cm³/mol. The van der Waals surface area contributed by atoms with E-state index in [0.29, 0.717) is 6.10 Å². The van der Waals surface area contributed by atoms with Crippen LogP contribution in [0.2, 0.25) is 0 Å². The van der Waals surface area contributed by atoms with Crippen molar-refractivity contribution >= 4 is 5.96 Å². The zero-order chi connectivity index (χ0) is 13.1. The number of hydrogen-bond donors (Lipinski definition) is 1. The van der Waals surface area contributed by atoms with Crippen LogP contribution in [-0.4, -0.2) is 50.8 Å². The summed E-state index contributed by atoms with van der Waals surface area (Å²) < 4.78 is 5.49. The standard InChI is InChI=1S/C13H29N3O/c1-6-7-10-16(5)13(14-4)15-9-8-11-17-12(2)3/h12H,6-11H2,1-5H3,(H,14,15). The summed E-state index contributed by atoms with van der Waals surface area (Å²) >= 11 is 0. The highest BCUT2D eigenvalue weighted by Gasteiger charge is 2.03. The van der Waals surface area contributed by atoms with Crippen molar-refractivity contribution in [2.24, 2.45) is 4.99 Å². The molecule has 0 rings (SSSR count). The van der Waals surface area contributed by atoms with Gasteiger partial charge in [0.05, 0.1) is 6.10 Å². The molecule has 0 aliphatic heterocycles. The van der Waals surface area contributed by atoms with E-state index in [1.54, 1.807) is 0 Å². The Labute approximate surface area is 106 Å². The number of hydrogen-bond acceptors (Lipinski definition) is 2. The van der Waals surface area contributed by atoms with Gasteiger partial charge in [-0.2, -0.15) is 0 Å². The summed E-state index contributed by atoms with van der Waals surface area (Å²) in [6.45, 7) is 9.10. The number of ether oxygens (including phenoxy) is 1. The molecule has 0 heterocycles. The minimum atomic E-state index is 0.321. The van der Waals surface area contributed by atoms with Gasteiger partial charge in [-0.15, -0.1) is 0 Å². The van der Waals surface area contributed by atoms with E-state index in [0.717, 1.165) is 32.1 Å². The van der Waals surface area contributed by atoms with Gasteiger partial charge in [0.1, 0.15) is 0 Å². The number of rotatable bonds is 8. The van der Waals surface area contributed by atoms with Crippen LogP contribution >= 0.6 is 0 Å². The molecule has 0 spiro atoms. The Morgan fingerprint density at radius 2 is 2.06 bits per heavy atom. The summed E-state index contributed by atoms with van der Waals surface area (Å²) in [4.78, 5) is 6.44. The number of nitrogens with zero attached hydrogens (tertiary/aromatic N) is 2. The molecule has 0 aliphatic carbocycles. The molecule has 0 unspecified atom stereocenters. The Morgan fingerprint density at radius 3 is 2.59 bits per heavy atom. The van der Waals surface area contributed by atoms with E-state index in [4.69, 9.17) is 4.74 Å². The van der Waals surface area contributed by atoms with Gasteiger partial charge < -0.3 is 15.0 Å². The third-order valence-corrected chi connectivity index (χ3v) is 2.48. The van der Waals surface area contributed by atoms with E-state index in [9.17, 15) is 0 Å². The highest BCUT2D eigenvalue weighted by atomic mass is 16.5. The molecule has 0 bridgehead atoms. The Bertz CT molecular complexity index is 205. The van der Waals surface area contributed by atoms with Crippen LogP contribution in [0.25, 0.3) is 0 Å². The lowest BCUT2D eigenvalue weighted by Gasteiger charge is -2.21. The molecule has 0 aromatic rings. The normalized spacial score (nSPS) is 12.0. The van der Waals surface area contributed by atoms with Crippen LogP contribution < -0.4 is 5.32 Å². The van der Waals surface area contributed by atoms with Gasteiger partial charge >= 0.3 is 0 Å². The van der Waals surface area contributed by atoms with Crippen molar-refractivity contribution in [2.45, 2.75) is 46.1 Å². The third kappa shape index (κ3) is 8.98. The molecule has 0 radical (unpaired) electrons. The van der Waals surface area contributed by atoms with E-state index in [2.05, 4.69) is 43.0 Å². The molecule has 4 nitrogen and oxygen atoms in total. The van der Waals surface area contributed by atoms with Crippen LogP contribution in [-0.2, 0) is 4.74 Å². The van der Waals surface area contributed by atoms with E-state index in [1.807, 2.05) is 7.05 Å². The molecular weight excluding hydrogens is 214 g/mol. The molecule has 1 N–H and O–H groups in total. The maximum atomic E-state index is 5.49. The Morgan fingerprint density at radius 1 is 1.35 bits per heavy atom. The first kappa shape index (κ1) is 16.2. The zero-order valence-electron chi connectivity index (χ0n) is 12.1. The lowest BCUT2D eigenvalue weighted by atomic mass is 10.3. The van der Waals surface area contributed by atoms with Crippen molar-refractivity contribution < 1.29 is 4.74 Å².